The smallest absolute Gasteiger partial charge is 0.174 e. The normalized spacial score (nSPS) is 28.8. The van der Waals surface area contributed by atoms with E-state index in [0.29, 0.717) is 24.1 Å². The van der Waals surface area contributed by atoms with Crippen LogP contribution in [0.3, 0.4) is 0 Å². The summed E-state index contributed by atoms with van der Waals surface area (Å²) in [4.78, 5) is 16.0. The second-order valence-corrected chi connectivity index (χ2v) is 11.5. The quantitative estimate of drug-likeness (QED) is 0.484. The first-order valence-electron chi connectivity index (χ1n) is 14.1. The summed E-state index contributed by atoms with van der Waals surface area (Å²) >= 11 is 0. The largest absolute Gasteiger partial charge is 0.484 e. The number of hydrogen-bond acceptors (Lipinski definition) is 5. The minimum atomic E-state index is -0.757. The molecule has 2 heterocycles. The Labute approximate surface area is 224 Å². The third kappa shape index (κ3) is 3.63. The number of Topliss-reactive ketones (excluding diaryl/α,β-unsaturated/α-hetero) is 1. The molecule has 0 amide bonds. The van der Waals surface area contributed by atoms with Gasteiger partial charge in [-0.05, 0) is 67.8 Å². The summed E-state index contributed by atoms with van der Waals surface area (Å²) in [6.07, 6.45) is 2.84. The molecule has 196 valence electrons. The number of carbonyl (C=O) groups excluding carboxylic acids is 1. The van der Waals surface area contributed by atoms with Crippen molar-refractivity contribution in [2.24, 2.45) is 5.92 Å². The molecule has 6 atom stereocenters. The molecule has 38 heavy (non-hydrogen) atoms. The Hall–Kier alpha value is -3.15. The Balaban J connectivity index is 1.20. The molecule has 1 N–H and O–H groups in total. The fourth-order valence-electron chi connectivity index (χ4n) is 7.87. The molecule has 2 fully saturated rings. The number of nitrogens with zero attached hydrogens (tertiary/aromatic N) is 1. The predicted molar refractivity (Wildman–Crippen MR) is 146 cm³/mol. The predicted octanol–water partition coefficient (Wildman–Crippen LogP) is 5.04. The molecule has 2 aliphatic carbocycles. The minimum absolute atomic E-state index is 0.227. The van der Waals surface area contributed by atoms with Gasteiger partial charge in [0.2, 0.25) is 0 Å². The summed E-state index contributed by atoms with van der Waals surface area (Å²) < 4.78 is 13.0. The van der Waals surface area contributed by atoms with Gasteiger partial charge in [-0.15, -0.1) is 0 Å². The van der Waals surface area contributed by atoms with Crippen molar-refractivity contribution in [2.45, 2.75) is 68.8 Å². The highest BCUT2D eigenvalue weighted by Crippen LogP contribution is 2.63. The van der Waals surface area contributed by atoms with Crippen LogP contribution in [0.5, 0.6) is 11.5 Å². The Kier molecular flexibility index (Phi) is 5.82. The Bertz CT molecular complexity index is 1340. The molecule has 3 aromatic rings. The van der Waals surface area contributed by atoms with Crippen LogP contribution < -0.4 is 9.47 Å². The molecule has 0 radical (unpaired) electrons. The molecule has 5 heteroatoms. The maximum absolute atomic E-state index is 13.3. The Morgan fingerprint density at radius 3 is 2.63 bits per heavy atom. The summed E-state index contributed by atoms with van der Waals surface area (Å²) in [6.45, 7) is 3.91. The number of aliphatic hydroxyl groups excluding tert-OH is 1. The number of ketones is 1. The standard InChI is InChI=1S/C33H35NO4/c1-21(30(36)23-10-6-3-7-11-23)37-28-15-12-24-20-26-25-13-14-27(35)32-33(25,29(24)31(28)38-32)17-19-34(26)18-16-22-8-4-2-5-9-22/h2-12,15,21,25-26,30,32,36H,13-14,16-20H2,1H3/t21?,25-,26+,30?,32?,33-/m0/s1. The van der Waals surface area contributed by atoms with Gasteiger partial charge in [0.1, 0.15) is 12.2 Å². The fraction of sp³-hybridized carbons (Fsp3) is 0.424. The SMILES string of the molecule is CC(Oc1ccc2c3c1OC1C(=O)CC[C@H]4[C@@H](C2)N(CCc2ccccc2)CC[C@]314)C(O)c1ccccc1. The van der Waals surface area contributed by atoms with E-state index in [1.165, 1.54) is 16.7 Å². The van der Waals surface area contributed by atoms with Crippen molar-refractivity contribution in [1.29, 1.82) is 0 Å². The van der Waals surface area contributed by atoms with Crippen LogP contribution in [0, 0.1) is 5.92 Å². The number of aliphatic hydroxyl groups is 1. The van der Waals surface area contributed by atoms with Gasteiger partial charge in [-0.25, -0.2) is 0 Å². The number of rotatable bonds is 7. The number of likely N-dealkylation sites (tertiary alicyclic amines) is 1. The summed E-state index contributed by atoms with van der Waals surface area (Å²) in [6, 6.07) is 24.9. The highest BCUT2D eigenvalue weighted by Gasteiger charge is 2.65. The third-order valence-electron chi connectivity index (χ3n) is 9.64. The van der Waals surface area contributed by atoms with Crippen LogP contribution in [-0.4, -0.2) is 47.1 Å². The molecule has 2 aliphatic heterocycles. The van der Waals surface area contributed by atoms with E-state index in [0.717, 1.165) is 50.1 Å². The van der Waals surface area contributed by atoms with Crippen molar-refractivity contribution >= 4 is 5.78 Å². The number of piperidine rings is 1. The van der Waals surface area contributed by atoms with Gasteiger partial charge in [0.15, 0.2) is 23.4 Å². The summed E-state index contributed by atoms with van der Waals surface area (Å²) in [7, 11) is 0. The van der Waals surface area contributed by atoms with Gasteiger partial charge in [0.25, 0.3) is 0 Å². The first-order valence-corrected chi connectivity index (χ1v) is 14.1. The zero-order chi connectivity index (χ0) is 25.9. The number of benzene rings is 3. The van der Waals surface area contributed by atoms with Crippen molar-refractivity contribution < 1.29 is 19.4 Å². The first kappa shape index (κ1) is 23.9. The highest BCUT2D eigenvalue weighted by molar-refractivity contribution is 5.89. The molecule has 1 saturated heterocycles. The van der Waals surface area contributed by atoms with Gasteiger partial charge in [0, 0.05) is 30.0 Å². The average Bonchev–Trinajstić information content (AvgIpc) is 3.31. The van der Waals surface area contributed by atoms with Crippen LogP contribution in [0.2, 0.25) is 0 Å². The van der Waals surface area contributed by atoms with Gasteiger partial charge in [-0.2, -0.15) is 0 Å². The lowest BCUT2D eigenvalue weighted by atomic mass is 9.51. The number of carbonyl (C=O) groups is 1. The lowest BCUT2D eigenvalue weighted by molar-refractivity contribution is -0.138. The topological polar surface area (TPSA) is 59.0 Å². The van der Waals surface area contributed by atoms with Crippen LogP contribution in [0.15, 0.2) is 72.8 Å². The first-order chi connectivity index (χ1) is 18.6. The second-order valence-electron chi connectivity index (χ2n) is 11.5. The van der Waals surface area contributed by atoms with Crippen LogP contribution in [0.4, 0.5) is 0 Å². The van der Waals surface area contributed by atoms with Crippen LogP contribution in [0.1, 0.15) is 54.5 Å². The third-order valence-corrected chi connectivity index (χ3v) is 9.64. The van der Waals surface area contributed by atoms with E-state index in [4.69, 9.17) is 9.47 Å². The molecule has 7 rings (SSSR count). The summed E-state index contributed by atoms with van der Waals surface area (Å²) in [5, 5.41) is 10.9. The van der Waals surface area contributed by atoms with Gasteiger partial charge >= 0.3 is 0 Å². The molecule has 3 aromatic carbocycles. The minimum Gasteiger partial charge on any atom is -0.484 e. The van der Waals surface area contributed by atoms with Gasteiger partial charge in [-0.3, -0.25) is 9.69 Å². The van der Waals surface area contributed by atoms with E-state index in [9.17, 15) is 9.90 Å². The van der Waals surface area contributed by atoms with Crippen LogP contribution in [-0.2, 0) is 23.1 Å². The average molecular weight is 510 g/mol. The van der Waals surface area contributed by atoms with E-state index >= 15 is 0 Å². The van der Waals surface area contributed by atoms with Crippen molar-refractivity contribution in [2.75, 3.05) is 13.1 Å². The zero-order valence-electron chi connectivity index (χ0n) is 21.9. The highest BCUT2D eigenvalue weighted by atomic mass is 16.5. The van der Waals surface area contributed by atoms with E-state index in [1.807, 2.05) is 43.3 Å². The molecule has 4 aliphatic rings. The molecule has 5 nitrogen and oxygen atoms in total. The van der Waals surface area contributed by atoms with Crippen molar-refractivity contribution in [3.8, 4) is 11.5 Å². The summed E-state index contributed by atoms with van der Waals surface area (Å²) in [5.41, 5.74) is 4.46. The maximum atomic E-state index is 13.3. The van der Waals surface area contributed by atoms with Crippen LogP contribution >= 0.6 is 0 Å². The second kappa shape index (κ2) is 9.25. The van der Waals surface area contributed by atoms with Gasteiger partial charge in [-0.1, -0.05) is 66.7 Å². The van der Waals surface area contributed by atoms with E-state index < -0.39 is 18.3 Å². The van der Waals surface area contributed by atoms with Gasteiger partial charge in [0.05, 0.1) is 0 Å². The molecule has 1 saturated carbocycles. The Morgan fingerprint density at radius 2 is 1.84 bits per heavy atom. The van der Waals surface area contributed by atoms with Crippen LogP contribution in [0.25, 0.3) is 0 Å². The monoisotopic (exact) mass is 509 g/mol. The van der Waals surface area contributed by atoms with E-state index in [1.54, 1.807) is 0 Å². The molecule has 0 aromatic heterocycles. The lowest BCUT2D eigenvalue weighted by Gasteiger charge is -2.57. The van der Waals surface area contributed by atoms with E-state index in [2.05, 4.69) is 41.3 Å². The molecule has 1 spiro atoms. The molecule has 3 unspecified atom stereocenters. The van der Waals surface area contributed by atoms with Crippen molar-refractivity contribution in [3.63, 3.8) is 0 Å². The van der Waals surface area contributed by atoms with Crippen molar-refractivity contribution in [3.05, 3.63) is 95.1 Å². The molecular weight excluding hydrogens is 474 g/mol. The summed E-state index contributed by atoms with van der Waals surface area (Å²) in [5.74, 6) is 2.03. The fourth-order valence-corrected chi connectivity index (χ4v) is 7.87. The molecule has 2 bridgehead atoms. The zero-order valence-corrected chi connectivity index (χ0v) is 21.9. The lowest BCUT2D eigenvalue weighted by Crippen LogP contribution is -2.66. The number of hydrogen-bond donors (Lipinski definition) is 1. The van der Waals surface area contributed by atoms with Gasteiger partial charge < -0.3 is 14.6 Å². The molecular formula is C33H35NO4. The van der Waals surface area contributed by atoms with Crippen molar-refractivity contribution in [1.82, 2.24) is 4.90 Å². The van der Waals surface area contributed by atoms with E-state index in [-0.39, 0.29) is 11.2 Å². The number of ether oxygens (including phenoxy) is 2. The maximum Gasteiger partial charge on any atom is 0.174 e. The Morgan fingerprint density at radius 1 is 1.08 bits per heavy atom.